The summed E-state index contributed by atoms with van der Waals surface area (Å²) in [6.07, 6.45) is 2.98. The summed E-state index contributed by atoms with van der Waals surface area (Å²) in [5, 5.41) is 2.27. The van der Waals surface area contributed by atoms with Crippen molar-refractivity contribution in [1.82, 2.24) is 9.97 Å². The van der Waals surface area contributed by atoms with Crippen molar-refractivity contribution < 1.29 is 4.79 Å². The molecule has 1 atom stereocenters. The van der Waals surface area contributed by atoms with Gasteiger partial charge in [0, 0.05) is 50.5 Å². The van der Waals surface area contributed by atoms with Crippen LogP contribution in [0.4, 0.5) is 5.69 Å². The third kappa shape index (κ3) is 3.07. The zero-order valence-corrected chi connectivity index (χ0v) is 21.6. The van der Waals surface area contributed by atoms with Crippen LogP contribution in [-0.2, 0) is 23.2 Å². The van der Waals surface area contributed by atoms with E-state index in [1.807, 2.05) is 53.6 Å². The van der Waals surface area contributed by atoms with E-state index in [9.17, 15) is 4.79 Å². The molecule has 3 heterocycles. The van der Waals surface area contributed by atoms with E-state index < -0.39 is 5.41 Å². The fourth-order valence-electron chi connectivity index (χ4n) is 6.43. The molecule has 38 heavy (non-hydrogen) atoms. The van der Waals surface area contributed by atoms with Crippen LogP contribution in [0.15, 0.2) is 103 Å². The first-order chi connectivity index (χ1) is 18.6. The molecule has 0 bridgehead atoms. The summed E-state index contributed by atoms with van der Waals surface area (Å²) in [4.78, 5) is 24.1. The molecule has 0 fully saturated rings. The first-order valence-corrected chi connectivity index (χ1v) is 13.3. The first kappa shape index (κ1) is 22.6. The summed E-state index contributed by atoms with van der Waals surface area (Å²) in [5.74, 6) is 0.0747. The van der Waals surface area contributed by atoms with Crippen LogP contribution in [0.2, 0.25) is 0 Å². The van der Waals surface area contributed by atoms with Crippen LogP contribution in [0.1, 0.15) is 40.4 Å². The van der Waals surface area contributed by atoms with Crippen LogP contribution < -0.4 is 4.90 Å². The van der Waals surface area contributed by atoms with Crippen molar-refractivity contribution in [1.29, 1.82) is 0 Å². The van der Waals surface area contributed by atoms with Gasteiger partial charge >= 0.3 is 0 Å². The van der Waals surface area contributed by atoms with Crippen LogP contribution >= 0.6 is 0 Å². The molecule has 2 aromatic heterocycles. The maximum atomic E-state index is 15.0. The average Bonchev–Trinajstić information content (AvgIpc) is 3.60. The Labute approximate surface area is 221 Å². The number of amides is 1. The summed E-state index contributed by atoms with van der Waals surface area (Å²) in [6, 6.07) is 33.3. The largest absolute Gasteiger partial charge is 0.361 e. The van der Waals surface area contributed by atoms with Crippen LogP contribution in [0.5, 0.6) is 0 Å². The topological polar surface area (TPSA) is 51.9 Å². The Morgan fingerprint density at radius 3 is 2.39 bits per heavy atom. The van der Waals surface area contributed by atoms with Crippen molar-refractivity contribution in [2.75, 3.05) is 4.90 Å². The van der Waals surface area contributed by atoms with Crippen LogP contribution in [0.25, 0.3) is 21.8 Å². The number of carbonyl (C=O) groups excluding carboxylic acids is 1. The molecule has 7 rings (SSSR count). The molecule has 4 nitrogen and oxygen atoms in total. The van der Waals surface area contributed by atoms with Gasteiger partial charge < -0.3 is 14.9 Å². The Kier molecular flexibility index (Phi) is 5.05. The monoisotopic (exact) mass is 495 g/mol. The highest BCUT2D eigenvalue weighted by Gasteiger charge is 2.54. The van der Waals surface area contributed by atoms with Crippen molar-refractivity contribution in [3.63, 3.8) is 0 Å². The van der Waals surface area contributed by atoms with Crippen molar-refractivity contribution in [2.45, 2.75) is 32.2 Å². The highest BCUT2D eigenvalue weighted by atomic mass is 16.2. The Hall–Kier alpha value is -4.57. The molecule has 186 valence electrons. The quantitative estimate of drug-likeness (QED) is 0.257. The SMILES string of the molecule is CCc1[nH]c2cc(C3(c4c[nH]c5ccccc45)C(=O)N(Cc4ccccc4)c4ccccc43)ccc2c1C. The van der Waals surface area contributed by atoms with E-state index in [0.717, 1.165) is 50.8 Å². The predicted molar refractivity (Wildman–Crippen MR) is 155 cm³/mol. The number of nitrogens with zero attached hydrogens (tertiary/aromatic N) is 1. The van der Waals surface area contributed by atoms with Crippen LogP contribution in [-0.4, -0.2) is 15.9 Å². The second-order valence-corrected chi connectivity index (χ2v) is 10.2. The first-order valence-electron chi connectivity index (χ1n) is 13.3. The number of H-pyrrole nitrogens is 2. The molecule has 1 unspecified atom stereocenters. The molecule has 2 N–H and O–H groups in total. The minimum atomic E-state index is -0.982. The second-order valence-electron chi connectivity index (χ2n) is 10.2. The number of para-hydroxylation sites is 2. The maximum absolute atomic E-state index is 15.0. The van der Waals surface area contributed by atoms with Crippen molar-refractivity contribution in [2.24, 2.45) is 0 Å². The Morgan fingerprint density at radius 1 is 0.789 bits per heavy atom. The number of nitrogens with one attached hydrogen (secondary N) is 2. The van der Waals surface area contributed by atoms with Gasteiger partial charge in [0.25, 0.3) is 0 Å². The molecule has 1 aliphatic heterocycles. The number of aryl methyl sites for hydroxylation is 2. The van der Waals surface area contributed by atoms with E-state index in [1.165, 1.54) is 16.6 Å². The molecule has 4 heteroatoms. The van der Waals surface area contributed by atoms with Crippen LogP contribution in [0, 0.1) is 6.92 Å². The summed E-state index contributed by atoms with van der Waals surface area (Å²) in [5.41, 5.74) is 8.68. The molecular weight excluding hydrogens is 466 g/mol. The minimum Gasteiger partial charge on any atom is -0.361 e. The molecule has 0 saturated heterocycles. The van der Waals surface area contributed by atoms with E-state index in [1.54, 1.807) is 0 Å². The minimum absolute atomic E-state index is 0.0747. The molecule has 0 aliphatic carbocycles. The lowest BCUT2D eigenvalue weighted by molar-refractivity contribution is -0.120. The molecule has 0 saturated carbocycles. The third-order valence-electron chi connectivity index (χ3n) is 8.29. The lowest BCUT2D eigenvalue weighted by Gasteiger charge is -2.30. The number of benzene rings is 4. The highest BCUT2D eigenvalue weighted by molar-refractivity contribution is 6.15. The number of hydrogen-bond acceptors (Lipinski definition) is 1. The van der Waals surface area contributed by atoms with E-state index >= 15 is 0 Å². The van der Waals surface area contributed by atoms with Gasteiger partial charge in [0.2, 0.25) is 5.91 Å². The summed E-state index contributed by atoms with van der Waals surface area (Å²) >= 11 is 0. The number of aromatic amines is 2. The van der Waals surface area contributed by atoms with Crippen LogP contribution in [0.3, 0.4) is 0 Å². The smallest absolute Gasteiger partial charge is 0.247 e. The highest BCUT2D eigenvalue weighted by Crippen LogP contribution is 2.52. The van der Waals surface area contributed by atoms with Gasteiger partial charge in [-0.05, 0) is 48.2 Å². The Morgan fingerprint density at radius 2 is 1.55 bits per heavy atom. The molecule has 6 aromatic rings. The molecular formula is C34H29N3O. The fraction of sp³-hybridized carbons (Fsp3) is 0.147. The summed E-state index contributed by atoms with van der Waals surface area (Å²) in [7, 11) is 0. The number of fused-ring (bicyclic) bond motifs is 3. The number of rotatable bonds is 5. The Balaban J connectivity index is 1.54. The average molecular weight is 496 g/mol. The van der Waals surface area contributed by atoms with Gasteiger partial charge in [0.05, 0.1) is 6.54 Å². The zero-order valence-electron chi connectivity index (χ0n) is 21.6. The number of anilines is 1. The lowest BCUT2D eigenvalue weighted by atomic mass is 9.70. The normalized spacial score (nSPS) is 17.0. The van der Waals surface area contributed by atoms with Crippen molar-refractivity contribution >= 4 is 33.4 Å². The molecule has 1 amide bonds. The van der Waals surface area contributed by atoms with Gasteiger partial charge in [-0.15, -0.1) is 0 Å². The van der Waals surface area contributed by atoms with Gasteiger partial charge in [0.1, 0.15) is 5.41 Å². The van der Waals surface area contributed by atoms with Gasteiger partial charge in [-0.25, -0.2) is 0 Å². The maximum Gasteiger partial charge on any atom is 0.247 e. The van der Waals surface area contributed by atoms with Gasteiger partial charge in [0.15, 0.2) is 0 Å². The molecule has 0 spiro atoms. The summed E-state index contributed by atoms with van der Waals surface area (Å²) < 4.78 is 0. The van der Waals surface area contributed by atoms with Gasteiger partial charge in [-0.1, -0.05) is 85.8 Å². The number of aromatic nitrogens is 2. The predicted octanol–water partition coefficient (Wildman–Crippen LogP) is 7.40. The van der Waals surface area contributed by atoms with E-state index in [0.29, 0.717) is 6.54 Å². The number of hydrogen-bond donors (Lipinski definition) is 2. The Bertz CT molecular complexity index is 1830. The standard InChI is InChI=1S/C34H29N3O/c1-3-29-22(2)25-18-17-24(19-31(25)36-29)34(28-20-35-30-15-9-7-13-26(28)30)27-14-8-10-16-32(27)37(33(34)38)21-23-11-5-4-6-12-23/h4-20,35-36H,3,21H2,1-2H3. The van der Waals surface area contributed by atoms with Gasteiger partial charge in [-0.2, -0.15) is 0 Å². The number of carbonyl (C=O) groups is 1. The van der Waals surface area contributed by atoms with E-state index in [4.69, 9.17) is 0 Å². The third-order valence-corrected chi connectivity index (χ3v) is 8.29. The molecule has 0 radical (unpaired) electrons. The lowest BCUT2D eigenvalue weighted by Crippen LogP contribution is -2.41. The fourth-order valence-corrected chi connectivity index (χ4v) is 6.43. The second kappa shape index (κ2) is 8.49. The van der Waals surface area contributed by atoms with Crippen molar-refractivity contribution in [3.05, 3.63) is 137 Å². The van der Waals surface area contributed by atoms with Crippen molar-refractivity contribution in [3.8, 4) is 0 Å². The van der Waals surface area contributed by atoms with E-state index in [-0.39, 0.29) is 5.91 Å². The summed E-state index contributed by atoms with van der Waals surface area (Å²) in [6.45, 7) is 4.86. The van der Waals surface area contributed by atoms with E-state index in [2.05, 4.69) is 78.4 Å². The van der Waals surface area contributed by atoms with Gasteiger partial charge in [-0.3, -0.25) is 4.79 Å². The zero-order chi connectivity index (χ0) is 25.9. The molecule has 4 aromatic carbocycles. The molecule has 1 aliphatic rings.